The van der Waals surface area contributed by atoms with Crippen LogP contribution in [0.2, 0.25) is 5.02 Å². The van der Waals surface area contributed by atoms with Gasteiger partial charge in [0.2, 0.25) is 5.91 Å². The minimum atomic E-state index is -0.281. The third-order valence-corrected chi connectivity index (χ3v) is 6.38. The van der Waals surface area contributed by atoms with Crippen molar-refractivity contribution in [3.63, 3.8) is 0 Å². The van der Waals surface area contributed by atoms with Crippen molar-refractivity contribution in [2.75, 3.05) is 22.6 Å². The Kier molecular flexibility index (Phi) is 6.49. The van der Waals surface area contributed by atoms with Gasteiger partial charge >= 0.3 is 0 Å². The van der Waals surface area contributed by atoms with E-state index in [-0.39, 0.29) is 17.2 Å². The first-order valence-corrected chi connectivity index (χ1v) is 11.3. The van der Waals surface area contributed by atoms with Crippen molar-refractivity contribution < 1.29 is 14.3 Å². The number of nitrogens with zero attached hydrogens (tertiary/aromatic N) is 1. The summed E-state index contributed by atoms with van der Waals surface area (Å²) in [4.78, 5) is 27.2. The molecule has 1 aliphatic heterocycles. The van der Waals surface area contributed by atoms with Gasteiger partial charge in [0.25, 0.3) is 5.91 Å². The Balaban J connectivity index is 1.62. The van der Waals surface area contributed by atoms with Crippen LogP contribution in [0.15, 0.2) is 72.8 Å². The summed E-state index contributed by atoms with van der Waals surface area (Å²) in [5.74, 6) is 0.791. The van der Waals surface area contributed by atoms with Gasteiger partial charge in [-0.3, -0.25) is 14.5 Å². The molecule has 3 aromatic rings. The molecule has 7 heteroatoms. The second-order valence-electron chi connectivity index (χ2n) is 6.89. The molecule has 0 radical (unpaired) electrons. The van der Waals surface area contributed by atoms with E-state index in [0.29, 0.717) is 34.4 Å². The Bertz CT molecular complexity index is 1120. The predicted molar refractivity (Wildman–Crippen MR) is 126 cm³/mol. The van der Waals surface area contributed by atoms with Crippen molar-refractivity contribution in [3.05, 3.63) is 88.9 Å². The summed E-state index contributed by atoms with van der Waals surface area (Å²) in [6, 6.07) is 22.0. The molecule has 1 heterocycles. The van der Waals surface area contributed by atoms with Crippen LogP contribution in [-0.4, -0.2) is 24.2 Å². The molecule has 0 bridgehead atoms. The molecule has 5 nitrogen and oxygen atoms in total. The molecule has 1 atom stereocenters. The lowest BCUT2D eigenvalue weighted by Gasteiger charge is -2.26. The Morgan fingerprint density at radius 3 is 2.71 bits per heavy atom. The Morgan fingerprint density at radius 1 is 1.13 bits per heavy atom. The number of amides is 2. The summed E-state index contributed by atoms with van der Waals surface area (Å²) >= 11 is 7.69. The van der Waals surface area contributed by atoms with Gasteiger partial charge in [0.15, 0.2) is 0 Å². The van der Waals surface area contributed by atoms with Gasteiger partial charge in [0.1, 0.15) is 11.1 Å². The first kappa shape index (κ1) is 21.3. The van der Waals surface area contributed by atoms with Crippen LogP contribution in [0.3, 0.4) is 0 Å². The fraction of sp³-hybridized carbons (Fsp3) is 0.167. The predicted octanol–water partition coefficient (Wildman–Crippen LogP) is 5.77. The number of carbonyl (C=O) groups is 2. The van der Waals surface area contributed by atoms with E-state index in [9.17, 15) is 9.59 Å². The number of benzene rings is 3. The maximum Gasteiger partial charge on any atom is 0.257 e. The van der Waals surface area contributed by atoms with Crippen LogP contribution in [0, 0.1) is 0 Å². The molecule has 31 heavy (non-hydrogen) atoms. The maximum atomic E-state index is 12.8. The molecule has 1 fully saturated rings. The lowest BCUT2D eigenvalue weighted by atomic mass is 10.1. The highest BCUT2D eigenvalue weighted by Crippen LogP contribution is 2.45. The number of hydrogen-bond acceptors (Lipinski definition) is 4. The second-order valence-corrected chi connectivity index (χ2v) is 8.36. The van der Waals surface area contributed by atoms with Crippen molar-refractivity contribution >= 4 is 46.6 Å². The van der Waals surface area contributed by atoms with E-state index in [0.717, 1.165) is 11.3 Å². The third-order valence-electron chi connectivity index (χ3n) is 4.84. The molecule has 1 N–H and O–H groups in total. The van der Waals surface area contributed by atoms with Crippen LogP contribution in [0.5, 0.6) is 5.75 Å². The minimum absolute atomic E-state index is 0.0210. The lowest BCUT2D eigenvalue weighted by Crippen LogP contribution is -2.28. The van der Waals surface area contributed by atoms with E-state index < -0.39 is 0 Å². The Hall–Kier alpha value is -2.96. The third kappa shape index (κ3) is 4.55. The van der Waals surface area contributed by atoms with Crippen LogP contribution >= 0.6 is 23.4 Å². The second kappa shape index (κ2) is 9.45. The molecular formula is C24H21ClN2O3S. The zero-order valence-electron chi connectivity index (χ0n) is 16.9. The van der Waals surface area contributed by atoms with Crippen molar-refractivity contribution in [1.82, 2.24) is 0 Å². The van der Waals surface area contributed by atoms with Gasteiger partial charge in [0.05, 0.1) is 28.6 Å². The van der Waals surface area contributed by atoms with Crippen molar-refractivity contribution in [2.45, 2.75) is 12.3 Å². The molecule has 1 unspecified atom stereocenters. The summed E-state index contributed by atoms with van der Waals surface area (Å²) in [5.41, 5.74) is 2.71. The molecule has 4 rings (SSSR count). The van der Waals surface area contributed by atoms with E-state index >= 15 is 0 Å². The van der Waals surface area contributed by atoms with E-state index in [4.69, 9.17) is 16.3 Å². The SMILES string of the molecule is CCOc1ccccc1N1C(=O)CSC1c1cccc(NC(=O)c2ccccc2Cl)c1. The summed E-state index contributed by atoms with van der Waals surface area (Å²) < 4.78 is 5.75. The topological polar surface area (TPSA) is 58.6 Å². The number of hydrogen-bond donors (Lipinski definition) is 1. The average Bonchev–Trinajstić information content (AvgIpc) is 3.16. The number of ether oxygens (including phenoxy) is 1. The number of halogens is 1. The van der Waals surface area contributed by atoms with Gasteiger partial charge < -0.3 is 10.1 Å². The zero-order valence-corrected chi connectivity index (χ0v) is 18.5. The Morgan fingerprint density at radius 2 is 1.90 bits per heavy atom. The number of para-hydroxylation sites is 2. The number of nitrogens with one attached hydrogen (secondary N) is 1. The summed E-state index contributed by atoms with van der Waals surface area (Å²) in [7, 11) is 0. The Labute approximate surface area is 190 Å². The van der Waals surface area contributed by atoms with Gasteiger partial charge in [0, 0.05) is 5.69 Å². The van der Waals surface area contributed by atoms with Gasteiger partial charge in [-0.1, -0.05) is 48.0 Å². The molecule has 0 spiro atoms. The minimum Gasteiger partial charge on any atom is -0.492 e. The quantitative estimate of drug-likeness (QED) is 0.515. The number of anilines is 2. The van der Waals surface area contributed by atoms with Crippen molar-refractivity contribution in [2.24, 2.45) is 0 Å². The van der Waals surface area contributed by atoms with Crippen LogP contribution in [0.4, 0.5) is 11.4 Å². The van der Waals surface area contributed by atoms with Gasteiger partial charge in [-0.15, -0.1) is 11.8 Å². The highest BCUT2D eigenvalue weighted by molar-refractivity contribution is 8.00. The number of carbonyl (C=O) groups excluding carboxylic acids is 2. The van der Waals surface area contributed by atoms with E-state index in [1.807, 2.05) is 55.5 Å². The lowest BCUT2D eigenvalue weighted by molar-refractivity contribution is -0.115. The van der Waals surface area contributed by atoms with E-state index in [1.54, 1.807) is 40.9 Å². The van der Waals surface area contributed by atoms with Gasteiger partial charge in [-0.2, -0.15) is 0 Å². The normalized spacial score (nSPS) is 15.7. The molecule has 1 aliphatic rings. The molecule has 0 saturated carbocycles. The van der Waals surface area contributed by atoms with E-state index in [1.165, 1.54) is 0 Å². The van der Waals surface area contributed by atoms with Crippen LogP contribution in [-0.2, 0) is 4.79 Å². The van der Waals surface area contributed by atoms with Gasteiger partial charge in [-0.05, 0) is 48.9 Å². The fourth-order valence-electron chi connectivity index (χ4n) is 3.48. The first-order chi connectivity index (χ1) is 15.1. The maximum absolute atomic E-state index is 12.8. The molecule has 158 valence electrons. The van der Waals surface area contributed by atoms with Crippen molar-refractivity contribution in [3.8, 4) is 5.75 Å². The molecule has 2 amide bonds. The summed E-state index contributed by atoms with van der Waals surface area (Å²) in [6.07, 6.45) is 0. The highest BCUT2D eigenvalue weighted by Gasteiger charge is 2.35. The van der Waals surface area contributed by atoms with E-state index in [2.05, 4.69) is 5.32 Å². The summed E-state index contributed by atoms with van der Waals surface area (Å²) in [6.45, 7) is 2.43. The molecule has 1 saturated heterocycles. The average molecular weight is 453 g/mol. The standard InChI is InChI=1S/C24H21ClN2O3S/c1-2-30-21-13-6-5-12-20(21)27-22(28)15-31-24(27)16-8-7-9-17(14-16)26-23(29)18-10-3-4-11-19(18)25/h3-14,24H,2,15H2,1H3,(H,26,29). The first-order valence-electron chi connectivity index (χ1n) is 9.90. The highest BCUT2D eigenvalue weighted by atomic mass is 35.5. The monoisotopic (exact) mass is 452 g/mol. The number of rotatable bonds is 6. The molecule has 0 aliphatic carbocycles. The van der Waals surface area contributed by atoms with Crippen LogP contribution in [0.25, 0.3) is 0 Å². The largest absolute Gasteiger partial charge is 0.492 e. The smallest absolute Gasteiger partial charge is 0.257 e. The zero-order chi connectivity index (χ0) is 21.8. The number of thioether (sulfide) groups is 1. The molecule has 3 aromatic carbocycles. The van der Waals surface area contributed by atoms with Gasteiger partial charge in [-0.25, -0.2) is 0 Å². The molecular weight excluding hydrogens is 432 g/mol. The van der Waals surface area contributed by atoms with Crippen LogP contribution in [0.1, 0.15) is 28.2 Å². The van der Waals surface area contributed by atoms with Crippen LogP contribution < -0.4 is 15.0 Å². The van der Waals surface area contributed by atoms with Crippen molar-refractivity contribution in [1.29, 1.82) is 0 Å². The fourth-order valence-corrected chi connectivity index (χ4v) is 4.86. The summed E-state index contributed by atoms with van der Waals surface area (Å²) in [5, 5.41) is 3.08. The molecule has 0 aromatic heterocycles.